The van der Waals surface area contributed by atoms with Gasteiger partial charge in [-0.2, -0.15) is 0 Å². The average Bonchev–Trinajstić information content (AvgIpc) is 2.39. The fourth-order valence-corrected chi connectivity index (χ4v) is 1.87. The van der Waals surface area contributed by atoms with Crippen molar-refractivity contribution in [2.24, 2.45) is 0 Å². The van der Waals surface area contributed by atoms with Crippen LogP contribution in [0, 0.1) is 0 Å². The number of carbonyl (C=O) groups is 1. The lowest BCUT2D eigenvalue weighted by atomic mass is 10.0. The molecule has 2 aromatic rings. The zero-order valence-corrected chi connectivity index (χ0v) is 11.0. The second-order valence-corrected chi connectivity index (χ2v) is 4.58. The van der Waals surface area contributed by atoms with Crippen LogP contribution >= 0.6 is 15.9 Å². The summed E-state index contributed by atoms with van der Waals surface area (Å²) < 4.78 is 1.06. The summed E-state index contributed by atoms with van der Waals surface area (Å²) >= 11 is 3.41. The first-order valence-corrected chi connectivity index (χ1v) is 6.08. The van der Waals surface area contributed by atoms with E-state index in [0.717, 1.165) is 15.6 Å². The van der Waals surface area contributed by atoms with Crippen LogP contribution in [0.25, 0.3) is 11.1 Å². The van der Waals surface area contributed by atoms with E-state index < -0.39 is 0 Å². The molecule has 0 unspecified atom stereocenters. The summed E-state index contributed by atoms with van der Waals surface area (Å²) in [6.07, 6.45) is 0. The van der Waals surface area contributed by atoms with Gasteiger partial charge in [0, 0.05) is 17.1 Å². The van der Waals surface area contributed by atoms with Gasteiger partial charge in [-0.25, -0.2) is 0 Å². The highest BCUT2D eigenvalue weighted by Gasteiger charge is 2.03. The van der Waals surface area contributed by atoms with Crippen LogP contribution in [0.5, 0.6) is 0 Å². The van der Waals surface area contributed by atoms with Gasteiger partial charge >= 0.3 is 0 Å². The van der Waals surface area contributed by atoms with Gasteiger partial charge in [-0.15, -0.1) is 0 Å². The van der Waals surface area contributed by atoms with Crippen molar-refractivity contribution in [1.29, 1.82) is 0 Å². The molecule has 2 rings (SSSR count). The zero-order chi connectivity index (χ0) is 12.3. The van der Waals surface area contributed by atoms with Crippen molar-refractivity contribution in [1.82, 2.24) is 5.32 Å². The highest BCUT2D eigenvalue weighted by Crippen LogP contribution is 2.22. The van der Waals surface area contributed by atoms with Gasteiger partial charge in [0.15, 0.2) is 0 Å². The minimum absolute atomic E-state index is 0.0626. The number of hydrogen-bond donors (Lipinski definition) is 1. The Bertz CT molecular complexity index is 517. The average molecular weight is 290 g/mol. The molecule has 3 heteroatoms. The first-order valence-electron chi connectivity index (χ1n) is 5.29. The fraction of sp³-hybridized carbons (Fsp3) is 0.0714. The molecule has 0 atom stereocenters. The summed E-state index contributed by atoms with van der Waals surface area (Å²) in [7, 11) is 1.63. The first kappa shape index (κ1) is 11.9. The maximum absolute atomic E-state index is 11.4. The Labute approximate surface area is 109 Å². The Kier molecular flexibility index (Phi) is 3.59. The van der Waals surface area contributed by atoms with Gasteiger partial charge < -0.3 is 5.32 Å². The lowest BCUT2D eigenvalue weighted by Crippen LogP contribution is -2.17. The van der Waals surface area contributed by atoms with E-state index in [1.165, 1.54) is 0 Å². The third-order valence-electron chi connectivity index (χ3n) is 2.55. The van der Waals surface area contributed by atoms with E-state index >= 15 is 0 Å². The summed E-state index contributed by atoms with van der Waals surface area (Å²) in [6.45, 7) is 0. The Hall–Kier alpha value is -1.61. The predicted octanol–water partition coefficient (Wildman–Crippen LogP) is 3.48. The van der Waals surface area contributed by atoms with Gasteiger partial charge in [0.1, 0.15) is 0 Å². The molecule has 0 saturated carbocycles. The topological polar surface area (TPSA) is 29.1 Å². The van der Waals surface area contributed by atoms with E-state index in [1.54, 1.807) is 7.05 Å². The molecule has 2 aromatic carbocycles. The van der Waals surface area contributed by atoms with Crippen LogP contribution in [0.15, 0.2) is 53.0 Å². The molecular formula is C14H12BrNO. The van der Waals surface area contributed by atoms with Crippen LogP contribution < -0.4 is 5.32 Å². The monoisotopic (exact) mass is 289 g/mol. The quantitative estimate of drug-likeness (QED) is 0.901. The van der Waals surface area contributed by atoms with E-state index in [9.17, 15) is 4.79 Å². The van der Waals surface area contributed by atoms with E-state index in [0.29, 0.717) is 5.56 Å². The van der Waals surface area contributed by atoms with Crippen molar-refractivity contribution in [2.75, 3.05) is 7.05 Å². The van der Waals surface area contributed by atoms with E-state index in [2.05, 4.69) is 21.2 Å². The summed E-state index contributed by atoms with van der Waals surface area (Å²) in [6, 6.07) is 15.6. The van der Waals surface area contributed by atoms with Crippen LogP contribution in [0.1, 0.15) is 10.4 Å². The molecule has 1 amide bonds. The molecule has 1 N–H and O–H groups in total. The molecule has 0 heterocycles. The number of amides is 1. The van der Waals surface area contributed by atoms with Gasteiger partial charge in [0.05, 0.1) is 0 Å². The molecule has 17 heavy (non-hydrogen) atoms. The molecule has 0 aromatic heterocycles. The van der Waals surface area contributed by atoms with E-state index in [4.69, 9.17) is 0 Å². The molecule has 86 valence electrons. The first-order chi connectivity index (χ1) is 8.20. The van der Waals surface area contributed by atoms with Gasteiger partial charge in [-0.05, 0) is 35.4 Å². The van der Waals surface area contributed by atoms with Gasteiger partial charge in [-0.1, -0.05) is 40.2 Å². The molecular weight excluding hydrogens is 278 g/mol. The molecule has 0 spiro atoms. The molecule has 0 radical (unpaired) electrons. The van der Waals surface area contributed by atoms with Crippen molar-refractivity contribution in [3.8, 4) is 11.1 Å². The van der Waals surface area contributed by atoms with Crippen molar-refractivity contribution in [3.63, 3.8) is 0 Å². The van der Waals surface area contributed by atoms with E-state index in [1.807, 2.05) is 48.5 Å². The molecule has 0 aliphatic heterocycles. The zero-order valence-electron chi connectivity index (χ0n) is 9.41. The molecule has 0 bridgehead atoms. The van der Waals surface area contributed by atoms with E-state index in [-0.39, 0.29) is 5.91 Å². The standard InChI is InChI=1S/C14H12BrNO/c1-16-14(17)12-4-2-10(3-5-12)11-6-8-13(15)9-7-11/h2-9H,1H3,(H,16,17). The van der Waals surface area contributed by atoms with Crippen LogP contribution in [0.2, 0.25) is 0 Å². The van der Waals surface area contributed by atoms with Crippen LogP contribution in [0.3, 0.4) is 0 Å². The van der Waals surface area contributed by atoms with Crippen molar-refractivity contribution in [2.45, 2.75) is 0 Å². The predicted molar refractivity (Wildman–Crippen MR) is 73.0 cm³/mol. The highest BCUT2D eigenvalue weighted by molar-refractivity contribution is 9.10. The number of hydrogen-bond acceptors (Lipinski definition) is 1. The van der Waals surface area contributed by atoms with Crippen LogP contribution in [-0.4, -0.2) is 13.0 Å². The number of carbonyl (C=O) groups excluding carboxylic acids is 1. The summed E-state index contributed by atoms with van der Waals surface area (Å²) in [4.78, 5) is 11.4. The molecule has 0 fully saturated rings. The largest absolute Gasteiger partial charge is 0.355 e. The highest BCUT2D eigenvalue weighted by atomic mass is 79.9. The molecule has 2 nitrogen and oxygen atoms in total. The number of benzene rings is 2. The van der Waals surface area contributed by atoms with Gasteiger partial charge in [0.2, 0.25) is 0 Å². The Morgan fingerprint density at radius 2 is 1.41 bits per heavy atom. The van der Waals surface area contributed by atoms with Crippen molar-refractivity contribution < 1.29 is 4.79 Å². The van der Waals surface area contributed by atoms with Crippen molar-refractivity contribution in [3.05, 3.63) is 58.6 Å². The smallest absolute Gasteiger partial charge is 0.251 e. The summed E-state index contributed by atoms with van der Waals surface area (Å²) in [5.74, 6) is -0.0626. The number of nitrogens with one attached hydrogen (secondary N) is 1. The Morgan fingerprint density at radius 3 is 1.88 bits per heavy atom. The van der Waals surface area contributed by atoms with Gasteiger partial charge in [0.25, 0.3) is 5.91 Å². The minimum atomic E-state index is -0.0626. The second-order valence-electron chi connectivity index (χ2n) is 3.66. The van der Waals surface area contributed by atoms with Crippen molar-refractivity contribution >= 4 is 21.8 Å². The Balaban J connectivity index is 2.29. The van der Waals surface area contributed by atoms with Gasteiger partial charge in [-0.3, -0.25) is 4.79 Å². The fourth-order valence-electron chi connectivity index (χ4n) is 1.60. The Morgan fingerprint density at radius 1 is 0.941 bits per heavy atom. The molecule has 0 saturated heterocycles. The summed E-state index contributed by atoms with van der Waals surface area (Å²) in [5.41, 5.74) is 2.91. The third kappa shape index (κ3) is 2.74. The van der Waals surface area contributed by atoms with Crippen LogP contribution in [0.4, 0.5) is 0 Å². The number of rotatable bonds is 2. The maximum atomic E-state index is 11.4. The third-order valence-corrected chi connectivity index (χ3v) is 3.08. The lowest BCUT2D eigenvalue weighted by molar-refractivity contribution is 0.0963. The summed E-state index contributed by atoms with van der Waals surface area (Å²) in [5, 5.41) is 2.60. The minimum Gasteiger partial charge on any atom is -0.355 e. The number of halogens is 1. The normalized spacial score (nSPS) is 10.0. The SMILES string of the molecule is CNC(=O)c1ccc(-c2ccc(Br)cc2)cc1. The lowest BCUT2D eigenvalue weighted by Gasteiger charge is -2.04. The molecule has 0 aliphatic carbocycles. The second kappa shape index (κ2) is 5.15. The molecule has 0 aliphatic rings. The maximum Gasteiger partial charge on any atom is 0.251 e. The van der Waals surface area contributed by atoms with Crippen LogP contribution in [-0.2, 0) is 0 Å².